The van der Waals surface area contributed by atoms with Gasteiger partial charge < -0.3 is 5.11 Å². The number of alkyl halides is 3. The smallest absolute Gasteiger partial charge is 0.240 e. The highest BCUT2D eigenvalue weighted by molar-refractivity contribution is 7.89. The highest BCUT2D eigenvalue weighted by atomic mass is 35.6. The molecular weight excluding hydrogens is 385 g/mol. The van der Waals surface area contributed by atoms with Gasteiger partial charge in [-0.2, -0.15) is 0 Å². The van der Waals surface area contributed by atoms with Crippen molar-refractivity contribution in [1.29, 1.82) is 0 Å². The summed E-state index contributed by atoms with van der Waals surface area (Å²) in [7, 11) is -3.84. The predicted octanol–water partition coefficient (Wildman–Crippen LogP) is 2.60. The molecule has 1 aromatic carbocycles. The minimum absolute atomic E-state index is 0.0376. The Bertz CT molecular complexity index is 666. The molecule has 1 atom stereocenters. The standard InChI is InChI=1S/C14H18Cl3NO4S/c1-9-4-6-10(7-5-9)23(21,22)18-8-11(19)13(2,3)12(20)14(15,16)17/h4-7,12,18,20H,8H2,1-3H3. The molecule has 0 saturated carbocycles. The Balaban J connectivity index is 2.84. The van der Waals surface area contributed by atoms with Gasteiger partial charge in [0.05, 0.1) is 16.9 Å². The zero-order valence-corrected chi connectivity index (χ0v) is 15.9. The Morgan fingerprint density at radius 1 is 1.22 bits per heavy atom. The molecule has 0 fully saturated rings. The summed E-state index contributed by atoms with van der Waals surface area (Å²) in [6.45, 7) is 4.05. The highest BCUT2D eigenvalue weighted by Crippen LogP contribution is 2.39. The van der Waals surface area contributed by atoms with Crippen LogP contribution in [0.15, 0.2) is 29.2 Å². The third-order valence-electron chi connectivity index (χ3n) is 3.47. The molecule has 0 bridgehead atoms. The number of hydrogen-bond acceptors (Lipinski definition) is 4. The van der Waals surface area contributed by atoms with Crippen LogP contribution in [0.3, 0.4) is 0 Å². The van der Waals surface area contributed by atoms with E-state index >= 15 is 0 Å². The maximum absolute atomic E-state index is 12.2. The van der Waals surface area contributed by atoms with Gasteiger partial charge in [-0.15, -0.1) is 0 Å². The van der Waals surface area contributed by atoms with Crippen LogP contribution in [0.1, 0.15) is 19.4 Å². The van der Waals surface area contributed by atoms with Crippen LogP contribution in [0.2, 0.25) is 0 Å². The van der Waals surface area contributed by atoms with E-state index in [4.69, 9.17) is 34.8 Å². The molecule has 0 aliphatic heterocycles. The van der Waals surface area contributed by atoms with Crippen LogP contribution in [-0.2, 0) is 14.8 Å². The first-order valence-electron chi connectivity index (χ1n) is 6.63. The lowest BCUT2D eigenvalue weighted by molar-refractivity contribution is -0.131. The maximum atomic E-state index is 12.2. The van der Waals surface area contributed by atoms with E-state index < -0.39 is 37.7 Å². The molecular formula is C14H18Cl3NO4S. The lowest BCUT2D eigenvalue weighted by Crippen LogP contribution is -2.48. The molecule has 23 heavy (non-hydrogen) atoms. The number of carbonyl (C=O) groups is 1. The van der Waals surface area contributed by atoms with Crippen LogP contribution < -0.4 is 4.72 Å². The van der Waals surface area contributed by atoms with Crippen LogP contribution in [0, 0.1) is 12.3 Å². The number of halogens is 3. The first-order valence-corrected chi connectivity index (χ1v) is 9.24. The second kappa shape index (κ2) is 7.25. The van der Waals surface area contributed by atoms with E-state index in [2.05, 4.69) is 4.72 Å². The zero-order chi connectivity index (χ0) is 18.1. The number of aliphatic hydroxyl groups excluding tert-OH is 1. The number of benzene rings is 1. The Hall–Kier alpha value is -0.370. The number of aliphatic hydroxyl groups is 1. The summed E-state index contributed by atoms with van der Waals surface area (Å²) in [4.78, 5) is 12.3. The molecule has 0 aliphatic carbocycles. The summed E-state index contributed by atoms with van der Waals surface area (Å²) in [5.41, 5.74) is -0.534. The molecule has 0 aliphatic rings. The highest BCUT2D eigenvalue weighted by Gasteiger charge is 2.46. The molecule has 0 heterocycles. The number of ketones is 1. The first kappa shape index (κ1) is 20.7. The molecule has 1 aromatic rings. The molecule has 130 valence electrons. The van der Waals surface area contributed by atoms with E-state index in [1.165, 1.54) is 26.0 Å². The Morgan fingerprint density at radius 2 is 1.70 bits per heavy atom. The van der Waals surface area contributed by atoms with Gasteiger partial charge in [0, 0.05) is 0 Å². The van der Waals surface area contributed by atoms with Crippen LogP contribution in [0.25, 0.3) is 0 Å². The van der Waals surface area contributed by atoms with Gasteiger partial charge in [0.15, 0.2) is 5.78 Å². The van der Waals surface area contributed by atoms with E-state index in [-0.39, 0.29) is 4.90 Å². The molecule has 0 radical (unpaired) electrons. The van der Waals surface area contributed by atoms with Crippen LogP contribution in [0.4, 0.5) is 0 Å². The van der Waals surface area contributed by atoms with E-state index in [1.54, 1.807) is 12.1 Å². The van der Waals surface area contributed by atoms with Crippen molar-refractivity contribution in [3.05, 3.63) is 29.8 Å². The molecule has 9 heteroatoms. The Labute approximate surface area is 151 Å². The van der Waals surface area contributed by atoms with Gasteiger partial charge in [0.25, 0.3) is 0 Å². The maximum Gasteiger partial charge on any atom is 0.240 e. The van der Waals surface area contributed by atoms with Gasteiger partial charge in [-0.25, -0.2) is 13.1 Å². The van der Waals surface area contributed by atoms with Crippen molar-refractivity contribution >= 4 is 50.6 Å². The third-order valence-corrected chi connectivity index (χ3v) is 5.50. The number of carbonyl (C=O) groups excluding carboxylic acids is 1. The minimum Gasteiger partial charge on any atom is -0.388 e. The normalized spacial score (nSPS) is 14.6. The molecule has 1 rings (SSSR count). The fraction of sp³-hybridized carbons (Fsp3) is 0.500. The summed E-state index contributed by atoms with van der Waals surface area (Å²) in [6.07, 6.45) is -1.59. The summed E-state index contributed by atoms with van der Waals surface area (Å²) >= 11 is 16.8. The lowest BCUT2D eigenvalue weighted by Gasteiger charge is -2.33. The quantitative estimate of drug-likeness (QED) is 0.716. The number of nitrogens with one attached hydrogen (secondary N) is 1. The van der Waals surface area contributed by atoms with E-state index in [9.17, 15) is 18.3 Å². The van der Waals surface area contributed by atoms with Crippen LogP contribution in [-0.4, -0.2) is 35.7 Å². The minimum atomic E-state index is -3.84. The number of aryl methyl sites for hydroxylation is 1. The number of sulfonamides is 1. The fourth-order valence-corrected chi connectivity index (χ4v) is 3.55. The zero-order valence-electron chi connectivity index (χ0n) is 12.8. The van der Waals surface area contributed by atoms with Crippen molar-refractivity contribution in [2.45, 2.75) is 35.6 Å². The van der Waals surface area contributed by atoms with Gasteiger partial charge in [-0.05, 0) is 19.1 Å². The molecule has 0 saturated heterocycles. The average molecular weight is 403 g/mol. The van der Waals surface area contributed by atoms with Crippen LogP contribution in [0.5, 0.6) is 0 Å². The number of rotatable bonds is 6. The van der Waals surface area contributed by atoms with Gasteiger partial charge in [0.1, 0.15) is 6.10 Å². The summed E-state index contributed by atoms with van der Waals surface area (Å²) in [6, 6.07) is 6.16. The molecule has 2 N–H and O–H groups in total. The van der Waals surface area contributed by atoms with Crippen molar-refractivity contribution < 1.29 is 18.3 Å². The van der Waals surface area contributed by atoms with Crippen molar-refractivity contribution in [3.63, 3.8) is 0 Å². The third kappa shape index (κ3) is 5.31. The first-order chi connectivity index (χ1) is 10.3. The van der Waals surface area contributed by atoms with Crippen LogP contribution >= 0.6 is 34.8 Å². The van der Waals surface area contributed by atoms with E-state index in [0.29, 0.717) is 0 Å². The van der Waals surface area contributed by atoms with Gasteiger partial charge >= 0.3 is 0 Å². The van der Waals surface area contributed by atoms with Crippen molar-refractivity contribution in [2.75, 3.05) is 6.54 Å². The van der Waals surface area contributed by atoms with Crippen molar-refractivity contribution in [1.82, 2.24) is 4.72 Å². The molecule has 1 unspecified atom stereocenters. The largest absolute Gasteiger partial charge is 0.388 e. The molecule has 0 amide bonds. The van der Waals surface area contributed by atoms with Gasteiger partial charge in [0.2, 0.25) is 13.8 Å². The lowest BCUT2D eigenvalue weighted by atomic mass is 9.82. The molecule has 0 aromatic heterocycles. The van der Waals surface area contributed by atoms with E-state index in [1.807, 2.05) is 6.92 Å². The summed E-state index contributed by atoms with van der Waals surface area (Å²) in [5, 5.41) is 9.97. The predicted molar refractivity (Wildman–Crippen MR) is 91.5 cm³/mol. The second-order valence-corrected chi connectivity index (χ2v) is 9.86. The average Bonchev–Trinajstić information content (AvgIpc) is 2.43. The molecule has 5 nitrogen and oxygen atoms in total. The monoisotopic (exact) mass is 401 g/mol. The fourth-order valence-electron chi connectivity index (χ4n) is 1.75. The molecule has 0 spiro atoms. The Kier molecular flexibility index (Phi) is 6.52. The number of hydrogen-bond donors (Lipinski definition) is 2. The summed E-state index contributed by atoms with van der Waals surface area (Å²) < 4.78 is 24.4. The number of Topliss-reactive ketones (excluding diaryl/α,β-unsaturated/α-hetero) is 1. The SMILES string of the molecule is Cc1ccc(S(=O)(=O)NCC(=O)C(C)(C)C(O)C(Cl)(Cl)Cl)cc1. The van der Waals surface area contributed by atoms with Crippen molar-refractivity contribution in [2.24, 2.45) is 5.41 Å². The van der Waals surface area contributed by atoms with Gasteiger partial charge in [-0.1, -0.05) is 66.3 Å². The van der Waals surface area contributed by atoms with Crippen molar-refractivity contribution in [3.8, 4) is 0 Å². The van der Waals surface area contributed by atoms with E-state index in [0.717, 1.165) is 5.56 Å². The second-order valence-electron chi connectivity index (χ2n) is 5.73. The van der Waals surface area contributed by atoms with Gasteiger partial charge in [-0.3, -0.25) is 4.79 Å². The topological polar surface area (TPSA) is 83.5 Å². The summed E-state index contributed by atoms with van der Waals surface area (Å²) in [5.74, 6) is -0.605. The Morgan fingerprint density at radius 3 is 2.13 bits per heavy atom.